The van der Waals surface area contributed by atoms with Crippen LogP contribution in [-0.2, 0) is 74.0 Å². The fourth-order valence-corrected chi connectivity index (χ4v) is 2.92. The maximum atomic E-state index is 10.7. The van der Waals surface area contributed by atoms with Crippen LogP contribution in [0.3, 0.4) is 0 Å². The third-order valence-corrected chi connectivity index (χ3v) is 3.96. The van der Waals surface area contributed by atoms with Gasteiger partial charge in [-0.1, -0.05) is 12.4 Å². The van der Waals surface area contributed by atoms with Crippen molar-refractivity contribution in [1.29, 1.82) is 0 Å². The molecule has 2 atom stereocenters. The molecule has 0 spiro atoms. The van der Waals surface area contributed by atoms with Gasteiger partial charge in [-0.3, -0.25) is 4.79 Å². The number of aliphatic hydroxyl groups is 1. The molecule has 0 saturated heterocycles. The van der Waals surface area contributed by atoms with Crippen molar-refractivity contribution in [3.63, 3.8) is 0 Å². The van der Waals surface area contributed by atoms with E-state index in [1.54, 1.807) is 24.5 Å². The monoisotopic (exact) mass is 1360 g/mol. The number of ether oxygens (including phenoxy) is 1. The van der Waals surface area contributed by atoms with Crippen LogP contribution in [-0.4, -0.2) is 21.0 Å². The van der Waals surface area contributed by atoms with Crippen LogP contribution in [0.15, 0.2) is 24.5 Å². The van der Waals surface area contributed by atoms with Gasteiger partial charge in [0.05, 0.1) is 6.10 Å². The first-order valence-electron chi connectivity index (χ1n) is 8.33. The summed E-state index contributed by atoms with van der Waals surface area (Å²) < 4.78 is 5.12. The van der Waals surface area contributed by atoms with Gasteiger partial charge in [0.25, 0.3) is 0 Å². The third kappa shape index (κ3) is 14.6. The summed E-state index contributed by atoms with van der Waals surface area (Å²) in [5.74, 6) is -0.247. The van der Waals surface area contributed by atoms with Gasteiger partial charge in [0.2, 0.25) is 0 Å². The number of hydrogen-bond acceptors (Lipinski definition) is 5. The fourth-order valence-electron chi connectivity index (χ4n) is 2.92. The van der Waals surface area contributed by atoms with E-state index in [1.165, 1.54) is 6.92 Å². The van der Waals surface area contributed by atoms with Crippen molar-refractivity contribution < 1.29 is 79.5 Å². The Bertz CT molecular complexity index is 766. The molecule has 0 radical (unpaired) electrons. The maximum absolute atomic E-state index is 10.7. The van der Waals surface area contributed by atoms with Gasteiger partial charge in [0.1, 0.15) is 6.10 Å². The van der Waals surface area contributed by atoms with E-state index < -0.39 is 0 Å². The molecule has 5 nitrogen and oxygen atoms in total. The van der Waals surface area contributed by atoms with Crippen LogP contribution in [0, 0.1) is 12.1 Å². The topological polar surface area (TPSA) is 72.3 Å². The summed E-state index contributed by atoms with van der Waals surface area (Å²) in [6.45, 7) is 1.42. The number of aliphatic hydroxyl groups excluding tert-OH is 1. The first-order valence-corrected chi connectivity index (χ1v) is 29.9. The minimum absolute atomic E-state index is 0. The zero-order chi connectivity index (χ0) is 21.6. The molecule has 2 aromatic heterocycles. The number of nitrogens with zero attached hydrogens (tertiary/aromatic N) is 2. The standard InChI is InChI=1S/C10H10NO2.C8H8NO.I3.2HI.V.2W/c1-7(12)13-9-5-4-8-3-2-6-11-10(8)9;10-7-4-3-6-2-1-5-9-8(6)7;1-3-2;;;;;/h2,6,9H,4-5H2,1H3;1,5,7,10H,3-4H2;;2*1H;;;/q3*-1;;;+2;;/p-2. The maximum Gasteiger partial charge on any atom is 0 e. The number of aryl methyl sites for hydroxylation is 2. The molecule has 4 rings (SSSR count). The minimum Gasteiger partial charge on any atom is 0 e. The van der Waals surface area contributed by atoms with Gasteiger partial charge in [-0.25, -0.2) is 0 Å². The van der Waals surface area contributed by atoms with Crippen LogP contribution in [0.5, 0.6) is 0 Å². The summed E-state index contributed by atoms with van der Waals surface area (Å²) >= 11 is 10.0. The molecule has 0 fully saturated rings. The van der Waals surface area contributed by atoms with E-state index in [0.717, 1.165) is 48.2 Å². The molecule has 0 aliphatic heterocycles. The van der Waals surface area contributed by atoms with Crippen molar-refractivity contribution in [2.75, 3.05) is 0 Å². The first kappa shape index (κ1) is 36.5. The predicted molar refractivity (Wildman–Crippen MR) is 138 cm³/mol. The van der Waals surface area contributed by atoms with E-state index in [1.807, 2.05) is 0 Å². The molecule has 0 aromatic carbocycles. The van der Waals surface area contributed by atoms with Gasteiger partial charge in [-0.15, -0.1) is 11.1 Å². The van der Waals surface area contributed by atoms with Crippen LogP contribution in [0.4, 0.5) is 0 Å². The molecular weight excluding hydrogens is 1350 g/mol. The average molecular weight is 1360 g/mol. The van der Waals surface area contributed by atoms with Crippen molar-refractivity contribution in [2.45, 2.75) is 44.8 Å². The van der Waals surface area contributed by atoms with Gasteiger partial charge in [0.15, 0.2) is 0 Å². The Morgan fingerprint density at radius 1 is 1.10 bits per heavy atom. The molecule has 2 unspecified atom stereocenters. The molecule has 173 valence electrons. The second-order valence-electron chi connectivity index (χ2n) is 5.72. The van der Waals surface area contributed by atoms with Gasteiger partial charge in [-0.05, 0) is 37.1 Å². The Balaban J connectivity index is 0. The summed E-state index contributed by atoms with van der Waals surface area (Å²) in [6, 6.07) is 9.73. The van der Waals surface area contributed by atoms with E-state index in [0.29, 0.717) is 22.7 Å². The number of rotatable bonds is 1. The first-order chi connectivity index (χ1) is 14.0. The largest absolute Gasteiger partial charge is 0 e. The van der Waals surface area contributed by atoms with E-state index in [4.69, 9.17) is 4.74 Å². The Morgan fingerprint density at radius 3 is 2.03 bits per heavy atom. The van der Waals surface area contributed by atoms with Crippen LogP contribution in [0.2, 0.25) is 0 Å². The third-order valence-electron chi connectivity index (χ3n) is 3.96. The Morgan fingerprint density at radius 2 is 1.55 bits per heavy atom. The summed E-state index contributed by atoms with van der Waals surface area (Å²) in [7, 11) is 0.628. The molecule has 0 amide bonds. The molecule has 0 saturated carbocycles. The van der Waals surface area contributed by atoms with E-state index in [2.05, 4.69) is 99.3 Å². The smallest absolute Gasteiger partial charge is 0 e. The van der Waals surface area contributed by atoms with Crippen LogP contribution in [0.1, 0.15) is 54.5 Å². The number of carbonyl (C=O) groups is 1. The molecule has 2 aliphatic rings. The van der Waals surface area contributed by atoms with Crippen LogP contribution in [0.25, 0.3) is 0 Å². The van der Waals surface area contributed by atoms with E-state index >= 15 is 0 Å². The molecule has 1 N–H and O–H groups in total. The number of pyridine rings is 2. The summed E-state index contributed by atoms with van der Waals surface area (Å²) in [4.78, 5) is 19.0. The number of hydrogen-bond donors (Lipinski definition) is 1. The average Bonchev–Trinajstić information content (AvgIpc) is 3.28. The normalized spacial score (nSPS) is 16.7. The molecular formula is C18H18I5N2O3VW2-3. The molecule has 2 heterocycles. The number of esters is 1. The van der Waals surface area contributed by atoms with Gasteiger partial charge in [0, 0.05) is 49.1 Å². The Hall–Kier alpha value is 3.34. The SMILES string of the molecule is CC(=O)OC1CCc2[c-]ccnc21.I[I-]I.OC1CCc2[c-]ccnc21.[I][V][I].[W].[W]. The van der Waals surface area contributed by atoms with Crippen LogP contribution < -0.4 is 13.3 Å². The van der Waals surface area contributed by atoms with Crippen molar-refractivity contribution in [3.05, 3.63) is 59.2 Å². The molecule has 2 aromatic rings. The number of aromatic nitrogens is 2. The summed E-state index contributed by atoms with van der Waals surface area (Å²) in [6.07, 6.45) is 6.34. The number of fused-ring (bicyclic) bond motifs is 2. The van der Waals surface area contributed by atoms with Crippen LogP contribution >= 0.6 is 77.2 Å². The Kier molecular flexibility index (Phi) is 26.5. The zero-order valence-corrected chi connectivity index (χ0v) is 34.2. The molecule has 2 aliphatic carbocycles. The summed E-state index contributed by atoms with van der Waals surface area (Å²) in [5.41, 5.74) is 3.85. The van der Waals surface area contributed by atoms with E-state index in [9.17, 15) is 9.90 Å². The molecule has 0 bridgehead atoms. The molecule has 31 heavy (non-hydrogen) atoms. The number of carbonyl (C=O) groups excluding carboxylic acids is 1. The van der Waals surface area contributed by atoms with Crippen molar-refractivity contribution >= 4 is 83.2 Å². The molecule has 13 heteroatoms. The van der Waals surface area contributed by atoms with Gasteiger partial charge >= 0.3 is 106 Å². The van der Waals surface area contributed by atoms with Crippen molar-refractivity contribution in [2.24, 2.45) is 0 Å². The van der Waals surface area contributed by atoms with E-state index in [-0.39, 0.29) is 60.3 Å². The minimum atomic E-state index is -0.340. The number of halogens is 5. The quantitative estimate of drug-likeness (QED) is 0.271. The fraction of sp³-hybridized carbons (Fsp3) is 0.389. The Labute approximate surface area is 271 Å². The zero-order valence-electron chi connectivity index (χ0n) is 16.1. The van der Waals surface area contributed by atoms with Crippen molar-refractivity contribution in [1.82, 2.24) is 9.97 Å². The predicted octanol–water partition coefficient (Wildman–Crippen LogP) is 2.83. The van der Waals surface area contributed by atoms with Crippen molar-refractivity contribution in [3.8, 4) is 0 Å². The van der Waals surface area contributed by atoms with Gasteiger partial charge < -0.3 is 19.8 Å². The summed E-state index contributed by atoms with van der Waals surface area (Å²) in [5, 5.41) is 9.30. The second kappa shape index (κ2) is 22.5. The second-order valence-corrected chi connectivity index (χ2v) is 33.8. The van der Waals surface area contributed by atoms with Gasteiger partial charge in [-0.2, -0.15) is 24.3 Å².